The number of amides is 1. The number of morpholine rings is 1. The molecule has 0 saturated carbocycles. The van der Waals surface area contributed by atoms with Gasteiger partial charge in [-0.05, 0) is 43.9 Å². The predicted molar refractivity (Wildman–Crippen MR) is 115 cm³/mol. The van der Waals surface area contributed by atoms with Crippen molar-refractivity contribution in [3.8, 4) is 0 Å². The Kier molecular flexibility index (Phi) is 5.94. The van der Waals surface area contributed by atoms with Gasteiger partial charge in [0.25, 0.3) is 0 Å². The third-order valence-corrected chi connectivity index (χ3v) is 5.80. The number of nitrogens with one attached hydrogen (secondary N) is 1. The van der Waals surface area contributed by atoms with E-state index < -0.39 is 0 Å². The SMILES string of the molecule is Cc1ccc(C)c(NC(=O)C2CCN(c3cnc(N4CCOCC4)nc3)CC2)c1. The van der Waals surface area contributed by atoms with Crippen molar-refractivity contribution in [3.05, 3.63) is 41.7 Å². The minimum atomic E-state index is 0.0414. The molecule has 1 amide bonds. The fourth-order valence-corrected chi connectivity index (χ4v) is 3.91. The van der Waals surface area contributed by atoms with Crippen molar-refractivity contribution in [2.45, 2.75) is 26.7 Å². The zero-order valence-corrected chi connectivity index (χ0v) is 17.2. The molecule has 1 N–H and O–H groups in total. The molecule has 7 nitrogen and oxygen atoms in total. The van der Waals surface area contributed by atoms with E-state index in [1.54, 1.807) is 0 Å². The van der Waals surface area contributed by atoms with Crippen molar-refractivity contribution in [1.29, 1.82) is 0 Å². The smallest absolute Gasteiger partial charge is 0.227 e. The van der Waals surface area contributed by atoms with Crippen molar-refractivity contribution >= 4 is 23.2 Å². The van der Waals surface area contributed by atoms with Crippen LogP contribution in [0.2, 0.25) is 0 Å². The van der Waals surface area contributed by atoms with Crippen molar-refractivity contribution in [3.63, 3.8) is 0 Å². The number of aromatic nitrogens is 2. The Morgan fingerprint density at radius 1 is 1.03 bits per heavy atom. The van der Waals surface area contributed by atoms with E-state index in [2.05, 4.69) is 31.2 Å². The lowest BCUT2D eigenvalue weighted by atomic mass is 9.95. The number of nitrogens with zero attached hydrogens (tertiary/aromatic N) is 4. The third-order valence-electron chi connectivity index (χ3n) is 5.80. The molecule has 4 rings (SSSR count). The maximum atomic E-state index is 12.7. The second-order valence-electron chi connectivity index (χ2n) is 7.91. The highest BCUT2D eigenvalue weighted by Crippen LogP contribution is 2.25. The summed E-state index contributed by atoms with van der Waals surface area (Å²) in [4.78, 5) is 26.2. The number of carbonyl (C=O) groups excluding carboxylic acids is 1. The van der Waals surface area contributed by atoms with Gasteiger partial charge in [-0.25, -0.2) is 9.97 Å². The van der Waals surface area contributed by atoms with Crippen LogP contribution >= 0.6 is 0 Å². The number of hydrogen-bond donors (Lipinski definition) is 1. The number of anilines is 3. The number of rotatable bonds is 4. The van der Waals surface area contributed by atoms with E-state index in [0.717, 1.165) is 80.7 Å². The van der Waals surface area contributed by atoms with E-state index in [1.165, 1.54) is 0 Å². The van der Waals surface area contributed by atoms with Crippen LogP contribution in [0.1, 0.15) is 24.0 Å². The largest absolute Gasteiger partial charge is 0.378 e. The Hall–Kier alpha value is -2.67. The Morgan fingerprint density at radius 3 is 2.41 bits per heavy atom. The summed E-state index contributed by atoms with van der Waals surface area (Å²) < 4.78 is 5.38. The molecule has 0 radical (unpaired) electrons. The minimum absolute atomic E-state index is 0.0414. The number of hydrogen-bond acceptors (Lipinski definition) is 6. The number of piperidine rings is 1. The average molecular weight is 396 g/mol. The Labute approximate surface area is 172 Å². The molecule has 7 heteroatoms. The van der Waals surface area contributed by atoms with Crippen LogP contribution in [0.25, 0.3) is 0 Å². The van der Waals surface area contributed by atoms with Gasteiger partial charge in [0.05, 0.1) is 31.3 Å². The van der Waals surface area contributed by atoms with E-state index in [0.29, 0.717) is 0 Å². The molecule has 0 atom stereocenters. The van der Waals surface area contributed by atoms with Gasteiger partial charge in [-0.3, -0.25) is 4.79 Å². The van der Waals surface area contributed by atoms with Gasteiger partial charge in [-0.1, -0.05) is 12.1 Å². The summed E-state index contributed by atoms with van der Waals surface area (Å²) in [7, 11) is 0. The van der Waals surface area contributed by atoms with E-state index in [9.17, 15) is 4.79 Å². The summed E-state index contributed by atoms with van der Waals surface area (Å²) in [6, 6.07) is 6.15. The number of ether oxygens (including phenoxy) is 1. The molecule has 2 saturated heterocycles. The van der Waals surface area contributed by atoms with E-state index >= 15 is 0 Å². The molecule has 154 valence electrons. The molecule has 2 aromatic rings. The second-order valence-corrected chi connectivity index (χ2v) is 7.91. The highest BCUT2D eigenvalue weighted by atomic mass is 16.5. The zero-order valence-electron chi connectivity index (χ0n) is 17.2. The molecule has 29 heavy (non-hydrogen) atoms. The first-order chi connectivity index (χ1) is 14.1. The Morgan fingerprint density at radius 2 is 1.72 bits per heavy atom. The fraction of sp³-hybridized carbons (Fsp3) is 0.500. The van der Waals surface area contributed by atoms with Gasteiger partial charge in [0.2, 0.25) is 11.9 Å². The summed E-state index contributed by atoms with van der Waals surface area (Å²) in [5.74, 6) is 0.928. The molecule has 1 aromatic heterocycles. The lowest BCUT2D eigenvalue weighted by molar-refractivity contribution is -0.120. The Bertz CT molecular complexity index is 841. The molecular weight excluding hydrogens is 366 g/mol. The molecule has 0 bridgehead atoms. The maximum absolute atomic E-state index is 12.7. The number of carbonyl (C=O) groups is 1. The monoisotopic (exact) mass is 395 g/mol. The van der Waals surface area contributed by atoms with Crippen molar-refractivity contribution in [2.24, 2.45) is 5.92 Å². The van der Waals surface area contributed by atoms with Crippen LogP contribution in [0.15, 0.2) is 30.6 Å². The maximum Gasteiger partial charge on any atom is 0.227 e. The van der Waals surface area contributed by atoms with Crippen molar-refractivity contribution < 1.29 is 9.53 Å². The molecule has 0 unspecified atom stereocenters. The molecule has 2 aliphatic rings. The zero-order chi connectivity index (χ0) is 20.2. The summed E-state index contributed by atoms with van der Waals surface area (Å²) in [5, 5.41) is 3.12. The van der Waals surface area contributed by atoms with Gasteiger partial charge in [0.15, 0.2) is 0 Å². The van der Waals surface area contributed by atoms with Crippen molar-refractivity contribution in [1.82, 2.24) is 9.97 Å². The van der Waals surface area contributed by atoms with Gasteiger partial charge in [-0.2, -0.15) is 0 Å². The van der Waals surface area contributed by atoms with Gasteiger partial charge in [-0.15, -0.1) is 0 Å². The van der Waals surface area contributed by atoms with Crippen LogP contribution in [0.5, 0.6) is 0 Å². The van der Waals surface area contributed by atoms with Crippen molar-refractivity contribution in [2.75, 3.05) is 54.5 Å². The summed E-state index contributed by atoms with van der Waals surface area (Å²) in [5.41, 5.74) is 4.19. The summed E-state index contributed by atoms with van der Waals surface area (Å²) in [6.07, 6.45) is 5.46. The quantitative estimate of drug-likeness (QED) is 0.858. The summed E-state index contributed by atoms with van der Waals surface area (Å²) >= 11 is 0. The first-order valence-electron chi connectivity index (χ1n) is 10.4. The molecule has 0 spiro atoms. The van der Waals surface area contributed by atoms with E-state index in [-0.39, 0.29) is 11.8 Å². The normalized spacial score (nSPS) is 18.0. The second kappa shape index (κ2) is 8.78. The molecule has 0 aliphatic carbocycles. The molecule has 1 aromatic carbocycles. The first kappa shape index (κ1) is 19.6. The van der Waals surface area contributed by atoms with Gasteiger partial charge < -0.3 is 19.9 Å². The van der Waals surface area contributed by atoms with Crippen LogP contribution in [0, 0.1) is 19.8 Å². The van der Waals surface area contributed by atoms with Gasteiger partial charge in [0, 0.05) is 37.8 Å². The topological polar surface area (TPSA) is 70.6 Å². The molecular formula is C22H29N5O2. The van der Waals surface area contributed by atoms with Crippen LogP contribution in [0.4, 0.5) is 17.3 Å². The third kappa shape index (κ3) is 4.67. The van der Waals surface area contributed by atoms with Gasteiger partial charge in [0.1, 0.15) is 0 Å². The van der Waals surface area contributed by atoms with E-state index in [1.807, 2.05) is 38.4 Å². The van der Waals surface area contributed by atoms with Crippen LogP contribution in [0.3, 0.4) is 0 Å². The number of aryl methyl sites for hydroxylation is 2. The lowest BCUT2D eigenvalue weighted by Crippen LogP contribution is -2.39. The standard InChI is InChI=1S/C22H29N5O2/c1-16-3-4-17(2)20(13-16)25-21(28)18-5-7-26(8-6-18)19-14-23-22(24-15-19)27-9-11-29-12-10-27/h3-4,13-15,18H,5-12H2,1-2H3,(H,25,28). The lowest BCUT2D eigenvalue weighted by Gasteiger charge is -2.33. The average Bonchev–Trinajstić information content (AvgIpc) is 2.77. The molecule has 3 heterocycles. The first-order valence-corrected chi connectivity index (χ1v) is 10.4. The van der Waals surface area contributed by atoms with Crippen LogP contribution < -0.4 is 15.1 Å². The summed E-state index contributed by atoms with van der Waals surface area (Å²) in [6.45, 7) is 8.86. The fourth-order valence-electron chi connectivity index (χ4n) is 3.91. The Balaban J connectivity index is 1.32. The van der Waals surface area contributed by atoms with E-state index in [4.69, 9.17) is 4.74 Å². The number of benzene rings is 1. The molecule has 2 aliphatic heterocycles. The predicted octanol–water partition coefficient (Wildman–Crippen LogP) is 2.79. The van der Waals surface area contributed by atoms with Crippen LogP contribution in [-0.4, -0.2) is 55.3 Å². The molecule has 2 fully saturated rings. The highest BCUT2D eigenvalue weighted by Gasteiger charge is 2.26. The van der Waals surface area contributed by atoms with Gasteiger partial charge >= 0.3 is 0 Å². The highest BCUT2D eigenvalue weighted by molar-refractivity contribution is 5.93. The minimum Gasteiger partial charge on any atom is -0.378 e. The van der Waals surface area contributed by atoms with Crippen LogP contribution in [-0.2, 0) is 9.53 Å².